The van der Waals surface area contributed by atoms with Crippen LogP contribution in [0.25, 0.3) is 21.5 Å². The number of carbonyl (C=O) groups is 2. The maximum atomic E-state index is 12.7. The van der Waals surface area contributed by atoms with Gasteiger partial charge >= 0.3 is 0 Å². The molecule has 1 atom stereocenters. The predicted octanol–water partition coefficient (Wildman–Crippen LogP) is 5.33. The highest BCUT2D eigenvalue weighted by Gasteiger charge is 2.32. The Morgan fingerprint density at radius 2 is 1.56 bits per heavy atom. The molecule has 7 heteroatoms. The summed E-state index contributed by atoms with van der Waals surface area (Å²) in [6.07, 6.45) is 0.0464. The number of nitrogens with zero attached hydrogens (tertiary/aromatic N) is 2. The topological polar surface area (TPSA) is 82.9 Å². The Bertz CT molecular complexity index is 1470. The van der Waals surface area contributed by atoms with Crippen molar-refractivity contribution in [2.75, 3.05) is 5.32 Å². The minimum Gasteiger partial charge on any atom is -0.325 e. The molecule has 0 saturated carbocycles. The van der Waals surface area contributed by atoms with Crippen LogP contribution in [0.3, 0.4) is 0 Å². The van der Waals surface area contributed by atoms with E-state index in [2.05, 4.69) is 33.0 Å². The van der Waals surface area contributed by atoms with Crippen molar-refractivity contribution < 1.29 is 9.59 Å². The summed E-state index contributed by atoms with van der Waals surface area (Å²) >= 11 is 1.22. The number of hydrogen-bond acceptors (Lipinski definition) is 5. The van der Waals surface area contributed by atoms with Crippen LogP contribution in [0, 0.1) is 0 Å². The molecule has 0 aromatic heterocycles. The zero-order valence-electron chi connectivity index (χ0n) is 18.5. The van der Waals surface area contributed by atoms with Gasteiger partial charge in [0.2, 0.25) is 11.8 Å². The third-order valence-electron chi connectivity index (χ3n) is 5.68. The van der Waals surface area contributed by atoms with Crippen LogP contribution in [-0.4, -0.2) is 27.9 Å². The summed E-state index contributed by atoms with van der Waals surface area (Å²) in [5.41, 5.74) is 2.47. The molecule has 0 radical (unpaired) electrons. The molecule has 1 aliphatic heterocycles. The molecule has 1 unspecified atom stereocenters. The first-order valence-corrected chi connectivity index (χ1v) is 11.8. The summed E-state index contributed by atoms with van der Waals surface area (Å²) < 4.78 is 0. The number of nitrogens with one attached hydrogen (secondary N) is 2. The lowest BCUT2D eigenvalue weighted by Gasteiger charge is -2.10. The van der Waals surface area contributed by atoms with Gasteiger partial charge in [0.25, 0.3) is 0 Å². The van der Waals surface area contributed by atoms with Crippen LogP contribution in [-0.2, 0) is 9.59 Å². The number of thioether (sulfide) groups is 1. The summed E-state index contributed by atoms with van der Waals surface area (Å²) in [4.78, 5) is 25.1. The second kappa shape index (κ2) is 9.49. The SMILES string of the molecule is CC(=NN=C1NC(=O)C(CC(=O)Nc2cccc3ccccc23)S1)c1cccc2ccccc12. The first-order valence-electron chi connectivity index (χ1n) is 10.9. The Labute approximate surface area is 201 Å². The van der Waals surface area contributed by atoms with Crippen molar-refractivity contribution in [1.82, 2.24) is 5.32 Å². The van der Waals surface area contributed by atoms with Gasteiger partial charge in [-0.2, -0.15) is 5.10 Å². The van der Waals surface area contributed by atoms with E-state index in [-0.39, 0.29) is 18.2 Å². The van der Waals surface area contributed by atoms with Crippen LogP contribution in [0.4, 0.5) is 5.69 Å². The minimum absolute atomic E-state index is 0.0464. The lowest BCUT2D eigenvalue weighted by Crippen LogP contribution is -2.28. The highest BCUT2D eigenvalue weighted by atomic mass is 32.2. The smallest absolute Gasteiger partial charge is 0.240 e. The summed E-state index contributed by atoms with van der Waals surface area (Å²) in [7, 11) is 0. The Hall–Kier alpha value is -3.97. The van der Waals surface area contributed by atoms with Gasteiger partial charge in [-0.05, 0) is 29.1 Å². The van der Waals surface area contributed by atoms with Crippen molar-refractivity contribution in [3.63, 3.8) is 0 Å². The van der Waals surface area contributed by atoms with Gasteiger partial charge in [-0.3, -0.25) is 9.59 Å². The number of amidine groups is 1. The monoisotopic (exact) mass is 466 g/mol. The Morgan fingerprint density at radius 1 is 0.912 bits per heavy atom. The fourth-order valence-corrected chi connectivity index (χ4v) is 4.92. The van der Waals surface area contributed by atoms with Crippen molar-refractivity contribution in [1.29, 1.82) is 0 Å². The molecule has 1 saturated heterocycles. The van der Waals surface area contributed by atoms with Gasteiger partial charge in [0, 0.05) is 23.1 Å². The van der Waals surface area contributed by atoms with Crippen LogP contribution in [0.15, 0.2) is 95.1 Å². The van der Waals surface area contributed by atoms with Crippen molar-refractivity contribution in [2.24, 2.45) is 10.2 Å². The molecule has 4 aromatic rings. The van der Waals surface area contributed by atoms with Crippen LogP contribution >= 0.6 is 11.8 Å². The molecule has 6 nitrogen and oxygen atoms in total. The van der Waals surface area contributed by atoms with E-state index in [1.165, 1.54) is 11.8 Å². The maximum absolute atomic E-state index is 12.7. The van der Waals surface area contributed by atoms with E-state index < -0.39 is 5.25 Å². The van der Waals surface area contributed by atoms with E-state index in [9.17, 15) is 9.59 Å². The van der Waals surface area contributed by atoms with Crippen molar-refractivity contribution in [2.45, 2.75) is 18.6 Å². The first-order chi connectivity index (χ1) is 16.6. The van der Waals surface area contributed by atoms with Crippen molar-refractivity contribution in [3.05, 3.63) is 90.5 Å². The number of hydrogen-bond donors (Lipinski definition) is 2. The molecular formula is C27H22N4O2S. The molecule has 1 aliphatic rings. The summed E-state index contributed by atoms with van der Waals surface area (Å²) in [5.74, 6) is -0.462. The zero-order chi connectivity index (χ0) is 23.5. The lowest BCUT2D eigenvalue weighted by molar-refractivity contribution is -0.122. The predicted molar refractivity (Wildman–Crippen MR) is 140 cm³/mol. The molecule has 168 valence electrons. The van der Waals surface area contributed by atoms with Crippen LogP contribution in [0.1, 0.15) is 18.9 Å². The molecule has 2 N–H and O–H groups in total. The fraction of sp³-hybridized carbons (Fsp3) is 0.111. The minimum atomic E-state index is -0.554. The molecule has 5 rings (SSSR count). The van der Waals surface area contributed by atoms with Gasteiger partial charge < -0.3 is 10.6 Å². The largest absolute Gasteiger partial charge is 0.325 e. The van der Waals surface area contributed by atoms with Gasteiger partial charge in [-0.25, -0.2) is 0 Å². The third-order valence-corrected chi connectivity index (χ3v) is 6.75. The number of anilines is 1. The summed E-state index contributed by atoms with van der Waals surface area (Å²) in [6, 6.07) is 27.7. The first kappa shape index (κ1) is 21.9. The lowest BCUT2D eigenvalue weighted by atomic mass is 10.0. The average molecular weight is 467 g/mol. The van der Waals surface area contributed by atoms with E-state index in [1.54, 1.807) is 0 Å². The molecule has 0 spiro atoms. The van der Waals surface area contributed by atoms with E-state index in [4.69, 9.17) is 0 Å². The van der Waals surface area contributed by atoms with E-state index >= 15 is 0 Å². The Kier molecular flexibility index (Phi) is 6.10. The Morgan fingerprint density at radius 3 is 2.35 bits per heavy atom. The van der Waals surface area contributed by atoms with E-state index in [0.29, 0.717) is 5.17 Å². The van der Waals surface area contributed by atoms with Gasteiger partial charge in [-0.15, -0.1) is 5.10 Å². The van der Waals surface area contributed by atoms with Crippen LogP contribution < -0.4 is 10.6 Å². The summed E-state index contributed by atoms with van der Waals surface area (Å²) in [6.45, 7) is 1.89. The second-order valence-corrected chi connectivity index (χ2v) is 9.18. The van der Waals surface area contributed by atoms with E-state index in [1.807, 2.05) is 79.7 Å². The average Bonchev–Trinajstić information content (AvgIpc) is 3.21. The van der Waals surface area contributed by atoms with Gasteiger partial charge in [0.15, 0.2) is 5.17 Å². The summed E-state index contributed by atoms with van der Waals surface area (Å²) in [5, 5.41) is 18.3. The highest BCUT2D eigenvalue weighted by Crippen LogP contribution is 2.26. The molecular weight excluding hydrogens is 444 g/mol. The quantitative estimate of drug-likeness (QED) is 0.308. The molecule has 0 bridgehead atoms. The normalized spacial score (nSPS) is 17.3. The molecule has 34 heavy (non-hydrogen) atoms. The molecule has 0 aliphatic carbocycles. The van der Waals surface area contributed by atoms with Gasteiger partial charge in [0.05, 0.1) is 5.71 Å². The zero-order valence-corrected chi connectivity index (χ0v) is 19.3. The van der Waals surface area contributed by atoms with E-state index in [0.717, 1.165) is 38.5 Å². The van der Waals surface area contributed by atoms with Crippen LogP contribution in [0.2, 0.25) is 0 Å². The number of fused-ring (bicyclic) bond motifs is 2. The molecule has 1 heterocycles. The highest BCUT2D eigenvalue weighted by molar-refractivity contribution is 8.15. The standard InChI is InChI=1S/C27H22N4O2S/c1-17(20-14-6-10-18-8-2-4-12-21(18)20)30-31-27-29-26(33)24(34-27)16-25(32)28-23-15-7-11-19-9-3-5-13-22(19)23/h2-15,24H,16H2,1H3,(H,28,32)(H,29,31,33). The molecule has 1 fully saturated rings. The van der Waals surface area contributed by atoms with Crippen LogP contribution in [0.5, 0.6) is 0 Å². The number of benzene rings is 4. The van der Waals surface area contributed by atoms with Crippen molar-refractivity contribution in [3.8, 4) is 0 Å². The molecule has 4 aromatic carbocycles. The second-order valence-electron chi connectivity index (χ2n) is 7.99. The van der Waals surface area contributed by atoms with Gasteiger partial charge in [0.1, 0.15) is 5.25 Å². The van der Waals surface area contributed by atoms with Gasteiger partial charge in [-0.1, -0.05) is 90.6 Å². The fourth-order valence-electron chi connectivity index (χ4n) is 4.01. The third kappa shape index (κ3) is 4.56. The number of carbonyl (C=O) groups excluding carboxylic acids is 2. The Balaban J connectivity index is 1.27. The molecule has 2 amide bonds. The number of amides is 2. The maximum Gasteiger partial charge on any atom is 0.240 e. The van der Waals surface area contributed by atoms with Crippen molar-refractivity contribution >= 4 is 61.7 Å². The number of rotatable bonds is 5.